The normalized spacial score (nSPS) is 17.2. The number of fused-ring (bicyclic) bond motifs is 3. The summed E-state index contributed by atoms with van der Waals surface area (Å²) in [6, 6.07) is 19.1. The van der Waals surface area contributed by atoms with Gasteiger partial charge in [0.05, 0.1) is 27.8 Å². The number of benzene rings is 2. The molecule has 11 heteroatoms. The van der Waals surface area contributed by atoms with Gasteiger partial charge in [0.2, 0.25) is 0 Å². The molecule has 2 aromatic carbocycles. The van der Waals surface area contributed by atoms with Crippen molar-refractivity contribution in [1.29, 1.82) is 0 Å². The van der Waals surface area contributed by atoms with Crippen LogP contribution in [0, 0.1) is 12.7 Å². The Kier molecular flexibility index (Phi) is 7.32. The Bertz CT molecular complexity index is 1800. The number of anilines is 3. The molecule has 1 fully saturated rings. The molecule has 0 saturated carbocycles. The van der Waals surface area contributed by atoms with Crippen molar-refractivity contribution in [2.75, 3.05) is 40.2 Å². The highest BCUT2D eigenvalue weighted by Gasteiger charge is 2.32. The summed E-state index contributed by atoms with van der Waals surface area (Å²) in [5, 5.41) is 2.72. The number of nitrogens with one attached hydrogen (secondary N) is 1. The zero-order valence-electron chi connectivity index (χ0n) is 23.1. The lowest BCUT2D eigenvalue weighted by Crippen LogP contribution is -2.35. The van der Waals surface area contributed by atoms with E-state index in [1.165, 1.54) is 17.4 Å². The number of carbonyl (C=O) groups excluding carboxylic acids is 2. The molecule has 42 heavy (non-hydrogen) atoms. The molecule has 0 bridgehead atoms. The first-order valence-electron chi connectivity index (χ1n) is 13.6. The van der Waals surface area contributed by atoms with Crippen LogP contribution in [0.15, 0.2) is 66.7 Å². The summed E-state index contributed by atoms with van der Waals surface area (Å²) in [4.78, 5) is 36.5. The van der Waals surface area contributed by atoms with Gasteiger partial charge in [-0.15, -0.1) is 11.3 Å². The summed E-state index contributed by atoms with van der Waals surface area (Å²) in [7, 11) is -1.26. The Hall–Kier alpha value is -4.09. The van der Waals surface area contributed by atoms with Crippen molar-refractivity contribution in [3.8, 4) is 10.4 Å². The lowest BCUT2D eigenvalue weighted by Gasteiger charge is -2.26. The van der Waals surface area contributed by atoms with Gasteiger partial charge in [-0.25, -0.2) is 17.8 Å². The summed E-state index contributed by atoms with van der Waals surface area (Å²) >= 11 is 1.32. The fraction of sp³-hybridized carbons (Fsp3) is 0.258. The molecule has 1 atom stereocenters. The molecule has 8 nitrogen and oxygen atoms in total. The van der Waals surface area contributed by atoms with Crippen molar-refractivity contribution >= 4 is 50.2 Å². The molecule has 0 spiro atoms. The number of nitrogens with zero attached hydrogens (tertiary/aromatic N) is 3. The maximum atomic E-state index is 14.4. The van der Waals surface area contributed by atoms with E-state index in [2.05, 4.69) is 10.3 Å². The predicted octanol–water partition coefficient (Wildman–Crippen LogP) is 5.34. The highest BCUT2D eigenvalue weighted by Crippen LogP contribution is 2.42. The van der Waals surface area contributed by atoms with E-state index in [0.717, 1.165) is 16.0 Å². The molecular formula is C31H29FN4O4S2. The molecule has 0 radical (unpaired) electrons. The van der Waals surface area contributed by atoms with E-state index in [-0.39, 0.29) is 40.7 Å². The Labute approximate surface area is 247 Å². The van der Waals surface area contributed by atoms with Crippen LogP contribution in [0.25, 0.3) is 10.4 Å². The number of aryl methyl sites for hydroxylation is 1. The average Bonchev–Trinajstić information content (AvgIpc) is 3.54. The third-order valence-corrected chi connectivity index (χ3v) is 10.8. The largest absolute Gasteiger partial charge is 0.356 e. The standard InChI is InChI=1S/C31H29FN4O4S2/c1-19-7-5-9-23(32)28(19)34-30(37)26-17-20-13-15-36(25-11-4-3-8-22(25)29(20)41-26)31(38)24-10-6-12-27(33-24)35(2)21-14-16-42(39,40)18-21/h3-12,17,21H,13-16,18H2,1-2H3,(H,34,37). The molecule has 0 aliphatic carbocycles. The van der Waals surface area contributed by atoms with Gasteiger partial charge in [0.1, 0.15) is 17.3 Å². The van der Waals surface area contributed by atoms with Crippen molar-refractivity contribution in [2.45, 2.75) is 25.8 Å². The number of thiophene rings is 1. The van der Waals surface area contributed by atoms with Crippen molar-refractivity contribution < 1.29 is 22.4 Å². The third-order valence-electron chi connectivity index (χ3n) is 7.85. The second-order valence-corrected chi connectivity index (χ2v) is 13.9. The van der Waals surface area contributed by atoms with Gasteiger partial charge in [-0.05, 0) is 61.2 Å². The molecule has 4 aromatic rings. The summed E-state index contributed by atoms with van der Waals surface area (Å²) in [6.07, 6.45) is 1.04. The zero-order chi connectivity index (χ0) is 29.6. The van der Waals surface area contributed by atoms with Gasteiger partial charge in [0.15, 0.2) is 9.84 Å². The summed E-state index contributed by atoms with van der Waals surface area (Å²) in [5.74, 6) is -0.358. The molecule has 1 unspecified atom stereocenters. The first-order chi connectivity index (χ1) is 20.1. The van der Waals surface area contributed by atoms with Crippen LogP contribution in [0.1, 0.15) is 37.7 Å². The molecule has 2 amide bonds. The number of halogens is 1. The van der Waals surface area contributed by atoms with Gasteiger partial charge < -0.3 is 15.1 Å². The van der Waals surface area contributed by atoms with Crippen LogP contribution >= 0.6 is 11.3 Å². The van der Waals surface area contributed by atoms with Crippen LogP contribution in [0.3, 0.4) is 0 Å². The minimum Gasteiger partial charge on any atom is -0.356 e. The van der Waals surface area contributed by atoms with E-state index in [9.17, 15) is 22.4 Å². The predicted molar refractivity (Wildman–Crippen MR) is 164 cm³/mol. The van der Waals surface area contributed by atoms with E-state index >= 15 is 0 Å². The van der Waals surface area contributed by atoms with Gasteiger partial charge in [-0.2, -0.15) is 0 Å². The number of sulfone groups is 1. The maximum Gasteiger partial charge on any atom is 0.276 e. The summed E-state index contributed by atoms with van der Waals surface area (Å²) < 4.78 is 38.4. The lowest BCUT2D eigenvalue weighted by molar-refractivity contribution is 0.0981. The minimum absolute atomic E-state index is 0.0746. The molecular weight excluding hydrogens is 575 g/mol. The number of para-hydroxylation sites is 2. The van der Waals surface area contributed by atoms with Gasteiger partial charge >= 0.3 is 0 Å². The smallest absolute Gasteiger partial charge is 0.276 e. The topological polar surface area (TPSA) is 99.7 Å². The Balaban J connectivity index is 1.28. The first-order valence-corrected chi connectivity index (χ1v) is 16.3. The van der Waals surface area contributed by atoms with Crippen LogP contribution < -0.4 is 15.1 Å². The van der Waals surface area contributed by atoms with Crippen LogP contribution in [0.4, 0.5) is 21.6 Å². The number of hydrogen-bond acceptors (Lipinski definition) is 7. The number of rotatable bonds is 5. The monoisotopic (exact) mass is 604 g/mol. The second-order valence-electron chi connectivity index (χ2n) is 10.6. The van der Waals surface area contributed by atoms with Gasteiger partial charge in [-0.1, -0.05) is 36.4 Å². The van der Waals surface area contributed by atoms with E-state index in [0.29, 0.717) is 41.3 Å². The number of hydrogen-bond donors (Lipinski definition) is 1. The second kappa shape index (κ2) is 11.0. The lowest BCUT2D eigenvalue weighted by atomic mass is 10.1. The molecule has 6 rings (SSSR count). The summed E-state index contributed by atoms with van der Waals surface area (Å²) in [5.41, 5.74) is 3.54. The van der Waals surface area contributed by atoms with Crippen LogP contribution in [0.2, 0.25) is 0 Å². The van der Waals surface area contributed by atoms with Crippen molar-refractivity contribution in [1.82, 2.24) is 4.98 Å². The van der Waals surface area contributed by atoms with Crippen molar-refractivity contribution in [2.24, 2.45) is 0 Å². The van der Waals surface area contributed by atoms with E-state index in [4.69, 9.17) is 0 Å². The van der Waals surface area contributed by atoms with Gasteiger partial charge in [0, 0.05) is 30.1 Å². The van der Waals surface area contributed by atoms with Crippen LogP contribution in [-0.2, 0) is 16.3 Å². The Morgan fingerprint density at radius 1 is 1.10 bits per heavy atom. The summed E-state index contributed by atoms with van der Waals surface area (Å²) in [6.45, 7) is 2.11. The van der Waals surface area contributed by atoms with Crippen LogP contribution in [0.5, 0.6) is 0 Å². The van der Waals surface area contributed by atoms with Crippen LogP contribution in [-0.4, -0.2) is 56.4 Å². The van der Waals surface area contributed by atoms with Crippen molar-refractivity contribution in [3.05, 3.63) is 94.2 Å². The maximum absolute atomic E-state index is 14.4. The molecule has 1 N–H and O–H groups in total. The fourth-order valence-corrected chi connectivity index (χ4v) is 8.44. The number of aromatic nitrogens is 1. The first kappa shape index (κ1) is 28.0. The fourth-order valence-electron chi connectivity index (χ4n) is 5.53. The zero-order valence-corrected chi connectivity index (χ0v) is 24.8. The molecule has 1 saturated heterocycles. The Morgan fingerprint density at radius 3 is 2.64 bits per heavy atom. The van der Waals surface area contributed by atoms with E-state index < -0.39 is 15.7 Å². The SMILES string of the molecule is Cc1cccc(F)c1NC(=O)c1cc2c(s1)-c1ccccc1N(C(=O)c1cccc(N(C)C3CCS(=O)(=O)C3)n1)CC2. The number of pyridine rings is 1. The van der Waals surface area contributed by atoms with Gasteiger partial charge in [0.25, 0.3) is 11.8 Å². The average molecular weight is 605 g/mol. The quantitative estimate of drug-likeness (QED) is 0.330. The highest BCUT2D eigenvalue weighted by molar-refractivity contribution is 7.91. The molecule has 2 aromatic heterocycles. The molecule has 2 aliphatic heterocycles. The Morgan fingerprint density at radius 2 is 1.88 bits per heavy atom. The van der Waals surface area contributed by atoms with E-state index in [1.54, 1.807) is 42.2 Å². The number of amides is 2. The minimum atomic E-state index is -3.06. The van der Waals surface area contributed by atoms with Crippen molar-refractivity contribution in [3.63, 3.8) is 0 Å². The van der Waals surface area contributed by atoms with Gasteiger partial charge in [-0.3, -0.25) is 9.59 Å². The van der Waals surface area contributed by atoms with E-state index in [1.807, 2.05) is 42.3 Å². The third kappa shape index (κ3) is 5.30. The molecule has 2 aliphatic rings. The highest BCUT2D eigenvalue weighted by atomic mass is 32.2. The number of carbonyl (C=O) groups is 2. The molecule has 216 valence electrons. The molecule has 4 heterocycles.